The molecule has 0 radical (unpaired) electrons. The Morgan fingerprint density at radius 1 is 1.10 bits per heavy atom. The van der Waals surface area contributed by atoms with Gasteiger partial charge in [0.2, 0.25) is 5.91 Å². The highest BCUT2D eigenvalue weighted by Crippen LogP contribution is 2.17. The molecule has 1 aliphatic heterocycles. The summed E-state index contributed by atoms with van der Waals surface area (Å²) in [4.78, 5) is 38.9. The zero-order valence-corrected chi connectivity index (χ0v) is 17.6. The SMILES string of the molecule is CCCNC(=O)CCNC(=O)c1cc2n(n1)CCCN(Cc1ccc(C)cc1)C2=O. The van der Waals surface area contributed by atoms with Crippen LogP contribution >= 0.6 is 0 Å². The number of amides is 3. The molecule has 0 bridgehead atoms. The van der Waals surface area contributed by atoms with Gasteiger partial charge in [0, 0.05) is 45.2 Å². The summed E-state index contributed by atoms with van der Waals surface area (Å²) in [5.41, 5.74) is 2.87. The van der Waals surface area contributed by atoms with E-state index in [-0.39, 0.29) is 36.4 Å². The number of fused-ring (bicyclic) bond motifs is 1. The van der Waals surface area contributed by atoms with Gasteiger partial charge in [-0.15, -0.1) is 0 Å². The minimum atomic E-state index is -0.378. The van der Waals surface area contributed by atoms with Crippen LogP contribution in [0.3, 0.4) is 0 Å². The van der Waals surface area contributed by atoms with E-state index in [4.69, 9.17) is 0 Å². The third kappa shape index (κ3) is 5.46. The number of carbonyl (C=O) groups is 3. The highest BCUT2D eigenvalue weighted by molar-refractivity contribution is 5.98. The molecule has 0 spiro atoms. The van der Waals surface area contributed by atoms with Gasteiger partial charge in [0.15, 0.2) is 5.69 Å². The van der Waals surface area contributed by atoms with Crippen LogP contribution in [-0.4, -0.2) is 52.0 Å². The molecule has 3 amide bonds. The van der Waals surface area contributed by atoms with Crippen LogP contribution in [0, 0.1) is 6.92 Å². The van der Waals surface area contributed by atoms with Crippen LogP contribution in [-0.2, 0) is 17.9 Å². The summed E-state index contributed by atoms with van der Waals surface area (Å²) in [5, 5.41) is 9.79. The van der Waals surface area contributed by atoms with Crippen molar-refractivity contribution in [1.82, 2.24) is 25.3 Å². The van der Waals surface area contributed by atoms with E-state index in [1.807, 2.05) is 38.1 Å². The molecule has 0 saturated carbocycles. The minimum absolute atomic E-state index is 0.0975. The topological polar surface area (TPSA) is 96.3 Å². The molecular formula is C22H29N5O3. The van der Waals surface area contributed by atoms with E-state index in [1.165, 1.54) is 5.56 Å². The van der Waals surface area contributed by atoms with Crippen molar-refractivity contribution < 1.29 is 14.4 Å². The first-order valence-corrected chi connectivity index (χ1v) is 10.5. The van der Waals surface area contributed by atoms with Crippen molar-refractivity contribution in [2.45, 2.75) is 46.2 Å². The Balaban J connectivity index is 1.62. The second-order valence-corrected chi connectivity index (χ2v) is 7.56. The molecule has 0 aliphatic carbocycles. The van der Waals surface area contributed by atoms with Gasteiger partial charge in [-0.25, -0.2) is 0 Å². The Kier molecular flexibility index (Phi) is 7.21. The van der Waals surface area contributed by atoms with E-state index in [2.05, 4.69) is 15.7 Å². The molecule has 1 aromatic carbocycles. The molecule has 0 atom stereocenters. The summed E-state index contributed by atoms with van der Waals surface area (Å²) in [6.45, 7) is 6.62. The predicted molar refractivity (Wildman–Crippen MR) is 113 cm³/mol. The predicted octanol–water partition coefficient (Wildman–Crippen LogP) is 1.88. The maximum atomic E-state index is 13.0. The normalized spacial score (nSPS) is 13.5. The van der Waals surface area contributed by atoms with Crippen LogP contribution < -0.4 is 10.6 Å². The number of carbonyl (C=O) groups excluding carboxylic acids is 3. The lowest BCUT2D eigenvalue weighted by Crippen LogP contribution is -2.31. The first-order chi connectivity index (χ1) is 14.5. The second-order valence-electron chi connectivity index (χ2n) is 7.56. The zero-order valence-electron chi connectivity index (χ0n) is 17.6. The molecule has 30 heavy (non-hydrogen) atoms. The lowest BCUT2D eigenvalue weighted by molar-refractivity contribution is -0.120. The van der Waals surface area contributed by atoms with Crippen molar-refractivity contribution in [3.05, 3.63) is 52.8 Å². The van der Waals surface area contributed by atoms with Crippen molar-refractivity contribution >= 4 is 17.7 Å². The van der Waals surface area contributed by atoms with Gasteiger partial charge >= 0.3 is 0 Å². The number of aromatic nitrogens is 2. The molecule has 0 saturated heterocycles. The van der Waals surface area contributed by atoms with Crippen molar-refractivity contribution in [1.29, 1.82) is 0 Å². The number of hydrogen-bond acceptors (Lipinski definition) is 4. The Hall–Kier alpha value is -3.16. The molecular weight excluding hydrogens is 382 g/mol. The second kappa shape index (κ2) is 10.0. The Morgan fingerprint density at radius 2 is 1.87 bits per heavy atom. The molecule has 2 N–H and O–H groups in total. The molecule has 160 valence electrons. The Labute approximate surface area is 176 Å². The van der Waals surface area contributed by atoms with Gasteiger partial charge in [0.05, 0.1) is 0 Å². The van der Waals surface area contributed by atoms with E-state index < -0.39 is 0 Å². The molecule has 2 heterocycles. The molecule has 1 aromatic heterocycles. The smallest absolute Gasteiger partial charge is 0.272 e. The molecule has 0 fully saturated rings. The fourth-order valence-electron chi connectivity index (χ4n) is 3.34. The maximum Gasteiger partial charge on any atom is 0.272 e. The van der Waals surface area contributed by atoms with Crippen molar-refractivity contribution in [2.75, 3.05) is 19.6 Å². The Morgan fingerprint density at radius 3 is 2.60 bits per heavy atom. The quantitative estimate of drug-likeness (QED) is 0.693. The van der Waals surface area contributed by atoms with Gasteiger partial charge in [-0.2, -0.15) is 5.10 Å². The average Bonchev–Trinajstić information content (AvgIpc) is 3.11. The minimum Gasteiger partial charge on any atom is -0.356 e. The first-order valence-electron chi connectivity index (χ1n) is 10.5. The van der Waals surface area contributed by atoms with Crippen LogP contribution in [0.15, 0.2) is 30.3 Å². The average molecular weight is 412 g/mol. The number of rotatable bonds is 8. The van der Waals surface area contributed by atoms with Crippen molar-refractivity contribution in [3.8, 4) is 0 Å². The van der Waals surface area contributed by atoms with E-state index in [0.717, 1.165) is 18.4 Å². The summed E-state index contributed by atoms with van der Waals surface area (Å²) < 4.78 is 1.61. The van der Waals surface area contributed by atoms with Crippen LogP contribution in [0.5, 0.6) is 0 Å². The summed E-state index contributed by atoms with van der Waals surface area (Å²) in [7, 11) is 0. The van der Waals surface area contributed by atoms with Gasteiger partial charge in [0.25, 0.3) is 11.8 Å². The van der Waals surface area contributed by atoms with E-state index >= 15 is 0 Å². The number of benzene rings is 1. The third-order valence-electron chi connectivity index (χ3n) is 5.02. The number of nitrogens with zero attached hydrogens (tertiary/aromatic N) is 3. The Bertz CT molecular complexity index is 904. The number of nitrogens with one attached hydrogen (secondary N) is 2. The largest absolute Gasteiger partial charge is 0.356 e. The van der Waals surface area contributed by atoms with Crippen LogP contribution in [0.2, 0.25) is 0 Å². The van der Waals surface area contributed by atoms with Gasteiger partial charge in [-0.05, 0) is 25.3 Å². The maximum absolute atomic E-state index is 13.0. The highest BCUT2D eigenvalue weighted by atomic mass is 16.2. The molecule has 1 aliphatic rings. The zero-order chi connectivity index (χ0) is 21.5. The van der Waals surface area contributed by atoms with E-state index in [1.54, 1.807) is 15.6 Å². The third-order valence-corrected chi connectivity index (χ3v) is 5.02. The van der Waals surface area contributed by atoms with E-state index in [0.29, 0.717) is 31.9 Å². The summed E-state index contributed by atoms with van der Waals surface area (Å²) in [6, 6.07) is 9.67. The fraction of sp³-hybridized carbons (Fsp3) is 0.455. The standard InChI is InChI=1S/C22H29N5O3/c1-3-10-23-20(28)9-11-24-21(29)18-14-19-22(30)26(12-4-13-27(19)25-18)15-17-7-5-16(2)6-8-17/h5-8,14H,3-4,9-13,15H2,1-2H3,(H,23,28)(H,24,29). The van der Waals surface area contributed by atoms with Gasteiger partial charge < -0.3 is 15.5 Å². The summed E-state index contributed by atoms with van der Waals surface area (Å²) in [5.74, 6) is -0.602. The lowest BCUT2D eigenvalue weighted by atomic mass is 10.1. The number of aryl methyl sites for hydroxylation is 2. The van der Waals surface area contributed by atoms with Gasteiger partial charge in [-0.1, -0.05) is 36.8 Å². The number of hydrogen-bond donors (Lipinski definition) is 2. The summed E-state index contributed by atoms with van der Waals surface area (Å²) in [6.07, 6.45) is 1.85. The van der Waals surface area contributed by atoms with Gasteiger partial charge in [-0.3, -0.25) is 19.1 Å². The molecule has 8 heteroatoms. The van der Waals surface area contributed by atoms with Crippen LogP contribution in [0.4, 0.5) is 0 Å². The van der Waals surface area contributed by atoms with Crippen LogP contribution in [0.25, 0.3) is 0 Å². The first kappa shape index (κ1) is 21.5. The lowest BCUT2D eigenvalue weighted by Gasteiger charge is -2.20. The van der Waals surface area contributed by atoms with Crippen molar-refractivity contribution in [2.24, 2.45) is 0 Å². The summed E-state index contributed by atoms with van der Waals surface area (Å²) >= 11 is 0. The highest BCUT2D eigenvalue weighted by Gasteiger charge is 2.26. The van der Waals surface area contributed by atoms with E-state index in [9.17, 15) is 14.4 Å². The molecule has 0 unspecified atom stereocenters. The van der Waals surface area contributed by atoms with Crippen molar-refractivity contribution in [3.63, 3.8) is 0 Å². The monoisotopic (exact) mass is 411 g/mol. The molecule has 8 nitrogen and oxygen atoms in total. The molecule has 2 aromatic rings. The molecule has 3 rings (SSSR count). The van der Waals surface area contributed by atoms with Gasteiger partial charge in [0.1, 0.15) is 5.69 Å². The van der Waals surface area contributed by atoms with Crippen LogP contribution in [0.1, 0.15) is 58.3 Å². The fourth-order valence-corrected chi connectivity index (χ4v) is 3.34.